The number of Topliss-reactive ketones (excluding diaryl/α,β-unsaturated/α-hetero) is 1. The number of hydrogen-bond acceptors (Lipinski definition) is 24. The number of ketones is 1. The molecule has 1 amide bonds. The Hall–Kier alpha value is -5.89. The number of fused-ring (bicyclic) bond motifs is 10. The van der Waals surface area contributed by atoms with E-state index in [0.717, 1.165) is 72.4 Å². The minimum Gasteiger partial charge on any atom is -0.793 e. The number of rotatable bonds is 12. The number of aliphatic hydroxyl groups is 2. The first-order valence-electron chi connectivity index (χ1n) is 28.6. The van der Waals surface area contributed by atoms with Gasteiger partial charge in [0.2, 0.25) is 23.6 Å². The number of pyridine rings is 4. The summed E-state index contributed by atoms with van der Waals surface area (Å²) in [5.41, 5.74) is 10.6. The second-order valence-electron chi connectivity index (χ2n) is 22.2. The summed E-state index contributed by atoms with van der Waals surface area (Å²) >= 11 is 6.63. The second kappa shape index (κ2) is 33.8. The van der Waals surface area contributed by atoms with Crippen LogP contribution in [0.1, 0.15) is 105 Å². The number of benzene rings is 2. The van der Waals surface area contributed by atoms with Crippen LogP contribution in [0, 0.1) is 11.6 Å². The van der Waals surface area contributed by atoms with Gasteiger partial charge in [-0.05, 0) is 105 Å². The van der Waals surface area contributed by atoms with Crippen LogP contribution in [-0.2, 0) is 73.7 Å². The number of anilines is 1. The number of aldehydes is 1. The predicted molar refractivity (Wildman–Crippen MR) is 335 cm³/mol. The fourth-order valence-electron chi connectivity index (χ4n) is 11.1. The fourth-order valence-corrected chi connectivity index (χ4v) is 12.8. The molecule has 4 aromatic heterocycles. The maximum atomic E-state index is 14.8. The van der Waals surface area contributed by atoms with Crippen molar-refractivity contribution >= 4 is 108 Å². The van der Waals surface area contributed by atoms with E-state index in [0.29, 0.717) is 114 Å². The van der Waals surface area contributed by atoms with Gasteiger partial charge in [-0.3, -0.25) is 29.1 Å². The molecule has 22 nitrogen and oxygen atoms in total. The van der Waals surface area contributed by atoms with Crippen molar-refractivity contribution in [3.63, 3.8) is 0 Å². The van der Waals surface area contributed by atoms with Crippen LogP contribution in [0.15, 0.2) is 82.8 Å². The van der Waals surface area contributed by atoms with Gasteiger partial charge in [0.25, 0.3) is 0 Å². The van der Waals surface area contributed by atoms with Gasteiger partial charge in [-0.25, -0.2) is 38.1 Å². The number of hydrogen-bond donors (Lipinski definition) is 6. The number of nitrogens with zero attached hydrogens (tertiary/aromatic N) is 4. The van der Waals surface area contributed by atoms with Crippen LogP contribution < -0.4 is 55.4 Å². The molecule has 6 aromatic rings. The predicted octanol–water partition coefficient (Wildman–Crippen LogP) is 4.25. The molecule has 4 bridgehead atoms. The fraction of sp³-hybridized carbons (Fsp3) is 0.452. The van der Waals surface area contributed by atoms with E-state index in [-0.39, 0.29) is 65.2 Å². The summed E-state index contributed by atoms with van der Waals surface area (Å²) in [5.74, 6) is -0.690. The molecular formula is C62H72BF2N7NaO15S3. The van der Waals surface area contributed by atoms with Gasteiger partial charge >= 0.3 is 41.5 Å². The quantitative estimate of drug-likeness (QED) is 0.0328. The van der Waals surface area contributed by atoms with Crippen molar-refractivity contribution < 1.29 is 111 Å². The Balaban J connectivity index is 0.000000209. The van der Waals surface area contributed by atoms with Crippen LogP contribution in [0.25, 0.3) is 22.1 Å². The summed E-state index contributed by atoms with van der Waals surface area (Å²) < 4.78 is 55.5. The molecule has 2 aliphatic carbocycles. The Bertz CT molecular complexity index is 3520. The van der Waals surface area contributed by atoms with E-state index in [9.17, 15) is 47.8 Å². The molecule has 6 aliphatic heterocycles. The maximum absolute atomic E-state index is 14.8. The van der Waals surface area contributed by atoms with Crippen molar-refractivity contribution in [3.05, 3.63) is 113 Å². The molecule has 91 heavy (non-hydrogen) atoms. The Morgan fingerprint density at radius 1 is 0.747 bits per heavy atom. The van der Waals surface area contributed by atoms with Gasteiger partial charge in [-0.1, -0.05) is 12.1 Å². The monoisotopic (exact) mass is 1320 g/mol. The summed E-state index contributed by atoms with van der Waals surface area (Å²) in [5, 5.41) is 28.8. The zero-order valence-electron chi connectivity index (χ0n) is 51.6. The van der Waals surface area contributed by atoms with E-state index in [4.69, 9.17) is 24.7 Å². The van der Waals surface area contributed by atoms with E-state index in [1.807, 2.05) is 12.1 Å². The SMILES string of the molecule is CC(=O)OOC(C)=O.COc1ccc2ncc(F)c(C[C@H](O)C34CCC(N)(CC3)CO4)c2n1.COc1ccc2ncc(F)c(C[C@H](O)C34CCC(NCc5ccc6c(c5)NC(=O)CS6)(CC3)CO4)c2n1.CS.O=Cc1ccc2c(c1)CC(=O)CS2.[B-]OC(C)=O.[Na+]. The van der Waals surface area contributed by atoms with Gasteiger partial charge in [-0.15, -0.1) is 23.5 Å². The number of thiol groups is 1. The number of halogens is 2. The average Bonchev–Trinajstić information content (AvgIpc) is 0.812. The third-order valence-electron chi connectivity index (χ3n) is 16.1. The molecule has 4 saturated heterocycles. The van der Waals surface area contributed by atoms with Gasteiger partial charge in [0, 0.05) is 96.3 Å². The smallest absolute Gasteiger partial charge is 0.793 e. The summed E-state index contributed by atoms with van der Waals surface area (Å²) in [6.07, 6.45) is 9.90. The Kier molecular flexibility index (Phi) is 27.5. The summed E-state index contributed by atoms with van der Waals surface area (Å²) in [6.45, 7) is 5.10. The molecule has 14 rings (SSSR count). The molecule has 0 unspecified atom stereocenters. The minimum absolute atomic E-state index is 0. The number of nitrogens with two attached hydrogens (primary N) is 1. The van der Waals surface area contributed by atoms with E-state index in [2.05, 4.69) is 77.8 Å². The Morgan fingerprint density at radius 3 is 1.71 bits per heavy atom. The van der Waals surface area contributed by atoms with Crippen molar-refractivity contribution in [2.45, 2.75) is 142 Å². The number of aliphatic hydroxyl groups excluding tert-OH is 2. The largest absolute Gasteiger partial charge is 1.00 e. The average molecular weight is 1320 g/mol. The van der Waals surface area contributed by atoms with Crippen molar-refractivity contribution in [1.82, 2.24) is 25.3 Å². The van der Waals surface area contributed by atoms with Crippen LogP contribution in [-0.4, -0.2) is 154 Å². The number of ether oxygens (including phenoxy) is 4. The first-order chi connectivity index (χ1) is 43.0. The molecule has 10 heterocycles. The zero-order chi connectivity index (χ0) is 65.4. The van der Waals surface area contributed by atoms with Crippen LogP contribution >= 0.6 is 36.2 Å². The molecule has 2 atom stereocenters. The molecular weight excluding hydrogens is 1250 g/mol. The first-order valence-corrected chi connectivity index (χ1v) is 31.5. The number of carbonyl (C=O) groups is 6. The molecule has 2 aromatic carbocycles. The van der Waals surface area contributed by atoms with E-state index in [1.165, 1.54) is 33.5 Å². The number of amides is 1. The normalized spacial score (nSPS) is 21.9. The van der Waals surface area contributed by atoms with Gasteiger partial charge in [0.1, 0.15) is 23.7 Å². The van der Waals surface area contributed by atoms with E-state index >= 15 is 0 Å². The number of methoxy groups -OCH3 is 2. The summed E-state index contributed by atoms with van der Waals surface area (Å²) in [6, 6.07) is 18.5. The number of thioether (sulfide) groups is 2. The molecule has 0 spiro atoms. The molecule has 8 aliphatic rings. The summed E-state index contributed by atoms with van der Waals surface area (Å²) in [4.78, 5) is 89.3. The van der Waals surface area contributed by atoms with E-state index < -0.39 is 53.0 Å². The van der Waals surface area contributed by atoms with Crippen molar-refractivity contribution in [3.8, 4) is 11.8 Å². The second-order valence-corrected chi connectivity index (χ2v) is 24.2. The van der Waals surface area contributed by atoms with Crippen LogP contribution in [0.2, 0.25) is 0 Å². The molecule has 6 N–H and O–H groups in total. The van der Waals surface area contributed by atoms with Crippen LogP contribution in [0.3, 0.4) is 0 Å². The summed E-state index contributed by atoms with van der Waals surface area (Å²) in [7, 11) is 7.34. The first kappa shape index (κ1) is 74.2. The Labute approximate surface area is 562 Å². The van der Waals surface area contributed by atoms with Crippen molar-refractivity contribution in [2.24, 2.45) is 5.73 Å². The number of aromatic nitrogens is 4. The van der Waals surface area contributed by atoms with Gasteiger partial charge in [-0.2, -0.15) is 12.6 Å². The standard InChI is InChI=1S/C27H29FN4O4S.C18H22FN3O3.C10H8O2S.C4H6O4.C2H3BO2.CH4S.Na/c1-35-24-5-3-19-25(32-24)17(18(28)13-29-19)11-22(33)27-8-6-26(7-9-27,15-36-27)30-12-16-2-4-21-20(10-16)31-23(34)14-37-21;1-24-15-3-2-13-16(22-15)11(12(19)9-21-13)8-14(23)18-6-4-17(20,5-7-18)10-25-18;11-5-7-1-2-10-8(3-7)4-9(12)6-13-10;1-3(5)7-8-4(2)6;1-2(4)5-3;1-2;/h2-5,10,13,22,30,33H,6-9,11-12,14-15H2,1H3,(H,31,34);2-3,9,14,23H,4-8,10,20H2,1H3;1-3,5H,4,6H2;1-2H3;1H3;2H,1H3;/q;;;;-1;;+1/t22-,26?,27?;14-,17?,18?;;;;;/m00...../s1. The zero-order valence-corrected chi connectivity index (χ0v) is 56.2. The minimum atomic E-state index is -0.874. The molecule has 3 radical (unpaired) electrons. The van der Waals surface area contributed by atoms with Crippen LogP contribution in [0.4, 0.5) is 14.5 Å². The molecule has 29 heteroatoms. The van der Waals surface area contributed by atoms with Crippen molar-refractivity contribution in [2.75, 3.05) is 50.5 Å². The number of nitrogens with one attached hydrogen (secondary N) is 2. The number of carbonyl (C=O) groups excluding carboxylic acids is 6. The maximum Gasteiger partial charge on any atom is 1.00 e. The molecule has 2 saturated carbocycles. The molecule has 6 fully saturated rings. The van der Waals surface area contributed by atoms with Crippen LogP contribution in [0.5, 0.6) is 11.8 Å². The Morgan fingerprint density at radius 2 is 1.25 bits per heavy atom. The van der Waals surface area contributed by atoms with E-state index in [1.54, 1.807) is 66.2 Å². The van der Waals surface area contributed by atoms with Gasteiger partial charge in [0.05, 0.1) is 102 Å². The van der Waals surface area contributed by atoms with Crippen molar-refractivity contribution in [1.29, 1.82) is 0 Å². The third-order valence-corrected chi connectivity index (χ3v) is 18.4. The van der Waals surface area contributed by atoms with Gasteiger partial charge < -0.3 is 58.2 Å². The molecule has 481 valence electrons. The third kappa shape index (κ3) is 19.4. The topological polar surface area (TPSA) is 309 Å². The van der Waals surface area contributed by atoms with Gasteiger partial charge in [0.15, 0.2) is 0 Å².